The van der Waals surface area contributed by atoms with Gasteiger partial charge in [0.05, 0.1) is 6.92 Å². The second kappa shape index (κ2) is 6.20. The Labute approximate surface area is 68.9 Å². The minimum atomic E-state index is -0.409. The fourth-order valence-electron chi connectivity index (χ4n) is 0.964. The first-order valence-electron chi connectivity index (χ1n) is 4.23. The molecule has 0 saturated heterocycles. The Balaban J connectivity index is 3.49. The van der Waals surface area contributed by atoms with Crippen LogP contribution in [0.25, 0.3) is 0 Å². The zero-order valence-corrected chi connectivity index (χ0v) is 7.43. The highest BCUT2D eigenvalue weighted by Gasteiger charge is 2.07. The van der Waals surface area contributed by atoms with Crippen LogP contribution in [0.5, 0.6) is 0 Å². The molecule has 1 unspecified atom stereocenters. The van der Waals surface area contributed by atoms with Gasteiger partial charge in [0, 0.05) is 0 Å². The average molecular weight is 157 g/mol. The Morgan fingerprint density at radius 1 is 1.55 bits per heavy atom. The fourth-order valence-corrected chi connectivity index (χ4v) is 0.964. The van der Waals surface area contributed by atoms with E-state index in [1.54, 1.807) is 0 Å². The van der Waals surface area contributed by atoms with E-state index in [-0.39, 0.29) is 6.10 Å². The SMILES string of the molecule is [CH2]C(=O)OC(CC)CCCC. The summed E-state index contributed by atoms with van der Waals surface area (Å²) in [5.41, 5.74) is 0. The summed E-state index contributed by atoms with van der Waals surface area (Å²) in [4.78, 5) is 10.4. The lowest BCUT2D eigenvalue weighted by Crippen LogP contribution is -2.14. The normalized spacial score (nSPS) is 12.6. The van der Waals surface area contributed by atoms with Gasteiger partial charge >= 0.3 is 5.97 Å². The van der Waals surface area contributed by atoms with Crippen molar-refractivity contribution in [3.05, 3.63) is 6.92 Å². The van der Waals surface area contributed by atoms with E-state index in [0.29, 0.717) is 0 Å². The number of ether oxygens (including phenoxy) is 1. The molecule has 0 saturated carbocycles. The van der Waals surface area contributed by atoms with Crippen molar-refractivity contribution < 1.29 is 9.53 Å². The lowest BCUT2D eigenvalue weighted by atomic mass is 10.1. The molecule has 65 valence electrons. The van der Waals surface area contributed by atoms with E-state index in [1.807, 2.05) is 6.92 Å². The van der Waals surface area contributed by atoms with Gasteiger partial charge in [-0.1, -0.05) is 26.7 Å². The number of unbranched alkanes of at least 4 members (excludes halogenated alkanes) is 1. The van der Waals surface area contributed by atoms with Crippen LogP contribution >= 0.6 is 0 Å². The van der Waals surface area contributed by atoms with E-state index in [9.17, 15) is 4.79 Å². The molecule has 0 N–H and O–H groups in total. The molecule has 0 heterocycles. The summed E-state index contributed by atoms with van der Waals surface area (Å²) in [6, 6.07) is 0. The van der Waals surface area contributed by atoms with Gasteiger partial charge in [0.15, 0.2) is 0 Å². The topological polar surface area (TPSA) is 26.3 Å². The average Bonchev–Trinajstić information content (AvgIpc) is 1.97. The van der Waals surface area contributed by atoms with Crippen LogP contribution in [0, 0.1) is 6.92 Å². The maximum absolute atomic E-state index is 10.4. The number of esters is 1. The molecule has 2 nitrogen and oxygen atoms in total. The van der Waals surface area contributed by atoms with Gasteiger partial charge < -0.3 is 4.74 Å². The number of hydrogen-bond acceptors (Lipinski definition) is 2. The molecule has 0 aromatic rings. The summed E-state index contributed by atoms with van der Waals surface area (Å²) in [6.07, 6.45) is 4.20. The standard InChI is InChI=1S/C9H17O2/c1-4-6-7-9(5-2)11-8(3)10/h9H,3-7H2,1-2H3. The first-order chi connectivity index (χ1) is 5.20. The Morgan fingerprint density at radius 2 is 2.18 bits per heavy atom. The van der Waals surface area contributed by atoms with Crippen molar-refractivity contribution in [2.75, 3.05) is 0 Å². The Hall–Kier alpha value is -0.530. The van der Waals surface area contributed by atoms with Crippen LogP contribution in [0.3, 0.4) is 0 Å². The predicted molar refractivity (Wildman–Crippen MR) is 45.1 cm³/mol. The second-order valence-corrected chi connectivity index (χ2v) is 2.66. The fraction of sp³-hybridized carbons (Fsp3) is 0.778. The van der Waals surface area contributed by atoms with Gasteiger partial charge in [0.25, 0.3) is 0 Å². The predicted octanol–water partition coefficient (Wildman–Crippen LogP) is 2.33. The van der Waals surface area contributed by atoms with E-state index in [0.717, 1.165) is 25.7 Å². The van der Waals surface area contributed by atoms with Crippen LogP contribution in [0.4, 0.5) is 0 Å². The molecule has 0 rings (SSSR count). The van der Waals surface area contributed by atoms with Gasteiger partial charge in [0.1, 0.15) is 6.10 Å². The van der Waals surface area contributed by atoms with Crippen molar-refractivity contribution in [3.63, 3.8) is 0 Å². The minimum absolute atomic E-state index is 0.0833. The van der Waals surface area contributed by atoms with Crippen molar-refractivity contribution in [1.29, 1.82) is 0 Å². The molecule has 1 radical (unpaired) electrons. The summed E-state index contributed by atoms with van der Waals surface area (Å²) >= 11 is 0. The lowest BCUT2D eigenvalue weighted by molar-refractivity contribution is -0.143. The van der Waals surface area contributed by atoms with Crippen LogP contribution in [-0.2, 0) is 9.53 Å². The van der Waals surface area contributed by atoms with Crippen molar-refractivity contribution in [1.82, 2.24) is 0 Å². The van der Waals surface area contributed by atoms with Crippen LogP contribution in [-0.4, -0.2) is 12.1 Å². The molecule has 0 amide bonds. The number of hydrogen-bond donors (Lipinski definition) is 0. The van der Waals surface area contributed by atoms with Crippen LogP contribution in [0.1, 0.15) is 39.5 Å². The van der Waals surface area contributed by atoms with Gasteiger partial charge in [-0.3, -0.25) is 4.79 Å². The maximum atomic E-state index is 10.4. The zero-order chi connectivity index (χ0) is 8.69. The molecule has 2 heteroatoms. The van der Waals surface area contributed by atoms with Gasteiger partial charge in [-0.15, -0.1) is 0 Å². The Kier molecular flexibility index (Phi) is 5.90. The number of carbonyl (C=O) groups excluding carboxylic acids is 1. The summed E-state index contributed by atoms with van der Waals surface area (Å²) in [5, 5.41) is 0. The molecule has 0 fully saturated rings. The van der Waals surface area contributed by atoms with Gasteiger partial charge in [0.2, 0.25) is 0 Å². The summed E-state index contributed by atoms with van der Waals surface area (Å²) in [6.45, 7) is 7.31. The monoisotopic (exact) mass is 157 g/mol. The second-order valence-electron chi connectivity index (χ2n) is 2.66. The summed E-state index contributed by atoms with van der Waals surface area (Å²) < 4.78 is 4.95. The Bertz CT molecular complexity index is 110. The highest BCUT2D eigenvalue weighted by Crippen LogP contribution is 2.08. The molecule has 1 atom stereocenters. The third-order valence-electron chi connectivity index (χ3n) is 1.63. The van der Waals surface area contributed by atoms with E-state index in [2.05, 4.69) is 13.8 Å². The first-order valence-corrected chi connectivity index (χ1v) is 4.23. The van der Waals surface area contributed by atoms with E-state index >= 15 is 0 Å². The molecule has 0 bridgehead atoms. The van der Waals surface area contributed by atoms with Gasteiger partial charge in [-0.05, 0) is 12.8 Å². The smallest absolute Gasteiger partial charge is 0.306 e. The zero-order valence-electron chi connectivity index (χ0n) is 7.43. The molecular formula is C9H17O2. The van der Waals surface area contributed by atoms with Crippen LogP contribution < -0.4 is 0 Å². The molecule has 0 aromatic heterocycles. The molecule has 0 aliphatic rings. The first kappa shape index (κ1) is 10.5. The number of rotatable bonds is 5. The van der Waals surface area contributed by atoms with E-state index < -0.39 is 5.97 Å². The van der Waals surface area contributed by atoms with Crippen LogP contribution in [0.15, 0.2) is 0 Å². The quantitative estimate of drug-likeness (QED) is 0.572. The van der Waals surface area contributed by atoms with Gasteiger partial charge in [-0.25, -0.2) is 0 Å². The molecule has 0 aliphatic heterocycles. The third-order valence-corrected chi connectivity index (χ3v) is 1.63. The van der Waals surface area contributed by atoms with E-state index in [4.69, 9.17) is 4.74 Å². The third kappa shape index (κ3) is 5.89. The molecule has 0 aromatic carbocycles. The highest BCUT2D eigenvalue weighted by atomic mass is 16.5. The maximum Gasteiger partial charge on any atom is 0.306 e. The minimum Gasteiger partial charge on any atom is -0.462 e. The molecule has 11 heavy (non-hydrogen) atoms. The summed E-state index contributed by atoms with van der Waals surface area (Å²) in [5.74, 6) is -0.409. The Morgan fingerprint density at radius 3 is 2.55 bits per heavy atom. The van der Waals surface area contributed by atoms with Crippen molar-refractivity contribution in [3.8, 4) is 0 Å². The van der Waals surface area contributed by atoms with Crippen molar-refractivity contribution in [2.45, 2.75) is 45.6 Å². The summed E-state index contributed by atoms with van der Waals surface area (Å²) in [7, 11) is 0. The van der Waals surface area contributed by atoms with E-state index in [1.165, 1.54) is 0 Å². The van der Waals surface area contributed by atoms with Crippen molar-refractivity contribution >= 4 is 5.97 Å². The molecule has 0 aliphatic carbocycles. The highest BCUT2D eigenvalue weighted by molar-refractivity contribution is 5.73. The lowest BCUT2D eigenvalue weighted by Gasteiger charge is -2.13. The van der Waals surface area contributed by atoms with Crippen molar-refractivity contribution in [2.24, 2.45) is 0 Å². The van der Waals surface area contributed by atoms with Crippen LogP contribution in [0.2, 0.25) is 0 Å². The molecule has 0 spiro atoms. The molecular weight excluding hydrogens is 140 g/mol. The number of carbonyl (C=O) groups is 1. The largest absolute Gasteiger partial charge is 0.462 e. The van der Waals surface area contributed by atoms with Gasteiger partial charge in [-0.2, -0.15) is 0 Å².